The van der Waals surface area contributed by atoms with Crippen LogP contribution in [0, 0.1) is 5.92 Å². The highest BCUT2D eigenvalue weighted by atomic mass is 16.5. The standard InChI is InChI=1S/C16H23N3O3/c1-11(17)16(21)19-9-7-12(8-10-19)15(20)18-13-5-3-4-6-14(13)22-2/h3-6,11-12H,7-10,17H2,1-2H3,(H,18,20)/t11-/m1/s1. The summed E-state index contributed by atoms with van der Waals surface area (Å²) in [5.41, 5.74) is 6.28. The Labute approximate surface area is 130 Å². The molecule has 0 unspecified atom stereocenters. The maximum Gasteiger partial charge on any atom is 0.239 e. The average Bonchev–Trinajstić information content (AvgIpc) is 2.54. The Morgan fingerprint density at radius 1 is 1.32 bits per heavy atom. The monoisotopic (exact) mass is 305 g/mol. The van der Waals surface area contributed by atoms with E-state index in [0.29, 0.717) is 37.4 Å². The lowest BCUT2D eigenvalue weighted by atomic mass is 9.95. The van der Waals surface area contributed by atoms with Crippen LogP contribution in [0.25, 0.3) is 0 Å². The second kappa shape index (κ2) is 7.26. The van der Waals surface area contributed by atoms with Crippen molar-refractivity contribution < 1.29 is 14.3 Å². The van der Waals surface area contributed by atoms with Gasteiger partial charge in [-0.05, 0) is 31.9 Å². The van der Waals surface area contributed by atoms with Gasteiger partial charge >= 0.3 is 0 Å². The number of carbonyl (C=O) groups excluding carboxylic acids is 2. The minimum atomic E-state index is -0.487. The molecule has 6 nitrogen and oxygen atoms in total. The normalized spacial score (nSPS) is 17.0. The Bertz CT molecular complexity index is 537. The number of amides is 2. The maximum atomic E-state index is 12.4. The van der Waals surface area contributed by atoms with E-state index in [4.69, 9.17) is 10.5 Å². The van der Waals surface area contributed by atoms with Crippen LogP contribution < -0.4 is 15.8 Å². The highest BCUT2D eigenvalue weighted by Crippen LogP contribution is 2.25. The summed E-state index contributed by atoms with van der Waals surface area (Å²) in [6.07, 6.45) is 1.30. The average molecular weight is 305 g/mol. The fourth-order valence-electron chi connectivity index (χ4n) is 2.63. The number of nitrogens with one attached hydrogen (secondary N) is 1. The van der Waals surface area contributed by atoms with Crippen molar-refractivity contribution in [3.63, 3.8) is 0 Å². The second-order valence-corrected chi connectivity index (χ2v) is 5.58. The van der Waals surface area contributed by atoms with Crippen molar-refractivity contribution in [2.45, 2.75) is 25.8 Å². The lowest BCUT2D eigenvalue weighted by molar-refractivity contribution is -0.135. The molecule has 1 aromatic carbocycles. The number of para-hydroxylation sites is 2. The van der Waals surface area contributed by atoms with Crippen molar-refractivity contribution in [1.29, 1.82) is 0 Å². The van der Waals surface area contributed by atoms with Crippen LogP contribution in [0.4, 0.5) is 5.69 Å². The van der Waals surface area contributed by atoms with E-state index in [0.717, 1.165) is 0 Å². The van der Waals surface area contributed by atoms with Crippen LogP contribution in [0.5, 0.6) is 5.75 Å². The van der Waals surface area contributed by atoms with Crippen molar-refractivity contribution in [1.82, 2.24) is 4.90 Å². The molecule has 1 saturated heterocycles. The smallest absolute Gasteiger partial charge is 0.239 e. The summed E-state index contributed by atoms with van der Waals surface area (Å²) in [6.45, 7) is 2.83. The van der Waals surface area contributed by atoms with Crippen LogP contribution in [0.15, 0.2) is 24.3 Å². The number of methoxy groups -OCH3 is 1. The topological polar surface area (TPSA) is 84.7 Å². The fraction of sp³-hybridized carbons (Fsp3) is 0.500. The van der Waals surface area contributed by atoms with Crippen molar-refractivity contribution in [3.05, 3.63) is 24.3 Å². The van der Waals surface area contributed by atoms with Gasteiger partial charge in [0.05, 0.1) is 18.8 Å². The van der Waals surface area contributed by atoms with Crippen molar-refractivity contribution in [3.8, 4) is 5.75 Å². The molecule has 1 atom stereocenters. The third-order valence-corrected chi connectivity index (χ3v) is 3.93. The molecule has 0 aromatic heterocycles. The van der Waals surface area contributed by atoms with E-state index in [1.54, 1.807) is 25.0 Å². The molecule has 0 saturated carbocycles. The maximum absolute atomic E-state index is 12.4. The molecule has 6 heteroatoms. The molecule has 1 fully saturated rings. The summed E-state index contributed by atoms with van der Waals surface area (Å²) in [6, 6.07) is 6.83. The molecule has 2 rings (SSSR count). The van der Waals surface area contributed by atoms with E-state index < -0.39 is 6.04 Å². The molecule has 0 radical (unpaired) electrons. The minimum absolute atomic E-state index is 0.0302. The third-order valence-electron chi connectivity index (χ3n) is 3.93. The van der Waals surface area contributed by atoms with Gasteiger partial charge in [0.1, 0.15) is 5.75 Å². The first-order valence-corrected chi connectivity index (χ1v) is 7.51. The largest absolute Gasteiger partial charge is 0.495 e. The number of likely N-dealkylation sites (tertiary alicyclic amines) is 1. The van der Waals surface area contributed by atoms with Crippen LogP contribution >= 0.6 is 0 Å². The highest BCUT2D eigenvalue weighted by Gasteiger charge is 2.28. The van der Waals surface area contributed by atoms with Crippen LogP contribution in [-0.4, -0.2) is 43.0 Å². The van der Waals surface area contributed by atoms with Crippen LogP contribution in [-0.2, 0) is 9.59 Å². The minimum Gasteiger partial charge on any atom is -0.495 e. The Morgan fingerprint density at radius 3 is 2.55 bits per heavy atom. The fourth-order valence-corrected chi connectivity index (χ4v) is 2.63. The molecule has 1 aromatic rings. The van der Waals surface area contributed by atoms with Gasteiger partial charge < -0.3 is 20.7 Å². The van der Waals surface area contributed by atoms with Crippen molar-refractivity contribution in [2.75, 3.05) is 25.5 Å². The molecule has 0 spiro atoms. The summed E-state index contributed by atoms with van der Waals surface area (Å²) >= 11 is 0. The molecular weight excluding hydrogens is 282 g/mol. The van der Waals surface area contributed by atoms with E-state index in [1.165, 1.54) is 0 Å². The Morgan fingerprint density at radius 2 is 1.95 bits per heavy atom. The number of piperidine rings is 1. The molecule has 0 bridgehead atoms. The number of nitrogens with zero attached hydrogens (tertiary/aromatic N) is 1. The zero-order valence-electron chi connectivity index (χ0n) is 13.0. The second-order valence-electron chi connectivity index (χ2n) is 5.58. The number of nitrogens with two attached hydrogens (primary N) is 1. The van der Waals surface area contributed by atoms with Gasteiger partial charge in [-0.25, -0.2) is 0 Å². The van der Waals surface area contributed by atoms with E-state index in [2.05, 4.69) is 5.32 Å². The number of ether oxygens (including phenoxy) is 1. The predicted molar refractivity (Wildman–Crippen MR) is 84.6 cm³/mol. The summed E-state index contributed by atoms with van der Waals surface area (Å²) in [7, 11) is 1.57. The van der Waals surface area contributed by atoms with Crippen LogP contribution in [0.1, 0.15) is 19.8 Å². The Hall–Kier alpha value is -2.08. The number of benzene rings is 1. The number of carbonyl (C=O) groups is 2. The van der Waals surface area contributed by atoms with Gasteiger partial charge in [-0.15, -0.1) is 0 Å². The molecule has 3 N–H and O–H groups in total. The first-order valence-electron chi connectivity index (χ1n) is 7.51. The predicted octanol–water partition coefficient (Wildman–Crippen LogP) is 1.22. The molecular formula is C16H23N3O3. The highest BCUT2D eigenvalue weighted by molar-refractivity contribution is 5.94. The lowest BCUT2D eigenvalue weighted by Gasteiger charge is -2.32. The molecule has 0 aliphatic carbocycles. The summed E-state index contributed by atoms with van der Waals surface area (Å²) < 4.78 is 5.23. The molecule has 1 heterocycles. The first kappa shape index (κ1) is 16.3. The summed E-state index contributed by atoms with van der Waals surface area (Å²) in [4.78, 5) is 25.9. The molecule has 1 aliphatic heterocycles. The zero-order chi connectivity index (χ0) is 16.1. The number of hydrogen-bond donors (Lipinski definition) is 2. The van der Waals surface area contributed by atoms with Crippen molar-refractivity contribution >= 4 is 17.5 Å². The number of hydrogen-bond acceptors (Lipinski definition) is 4. The van der Waals surface area contributed by atoms with Gasteiger partial charge in [-0.2, -0.15) is 0 Å². The Balaban J connectivity index is 1.91. The molecule has 22 heavy (non-hydrogen) atoms. The van der Waals surface area contributed by atoms with Crippen LogP contribution in [0.2, 0.25) is 0 Å². The Kier molecular flexibility index (Phi) is 5.38. The van der Waals surface area contributed by atoms with Gasteiger partial charge in [0.25, 0.3) is 0 Å². The van der Waals surface area contributed by atoms with Crippen LogP contribution in [0.3, 0.4) is 0 Å². The SMILES string of the molecule is COc1ccccc1NC(=O)C1CCN(C(=O)[C@@H](C)N)CC1. The zero-order valence-corrected chi connectivity index (χ0v) is 13.0. The molecule has 120 valence electrons. The van der Waals surface area contributed by atoms with Gasteiger partial charge in [0, 0.05) is 19.0 Å². The first-order chi connectivity index (χ1) is 10.5. The van der Waals surface area contributed by atoms with Gasteiger partial charge in [-0.3, -0.25) is 9.59 Å². The summed E-state index contributed by atoms with van der Waals surface area (Å²) in [5.74, 6) is 0.462. The van der Waals surface area contributed by atoms with Crippen molar-refractivity contribution in [2.24, 2.45) is 11.7 Å². The number of rotatable bonds is 4. The molecule has 2 amide bonds. The summed E-state index contributed by atoms with van der Waals surface area (Å²) in [5, 5.41) is 2.91. The van der Waals surface area contributed by atoms with Gasteiger partial charge in [-0.1, -0.05) is 12.1 Å². The van der Waals surface area contributed by atoms with Gasteiger partial charge in [0.2, 0.25) is 11.8 Å². The third kappa shape index (κ3) is 3.76. The van der Waals surface area contributed by atoms with E-state index >= 15 is 0 Å². The number of anilines is 1. The molecule has 1 aliphatic rings. The van der Waals surface area contributed by atoms with Gasteiger partial charge in [0.15, 0.2) is 0 Å². The van der Waals surface area contributed by atoms with E-state index in [-0.39, 0.29) is 17.7 Å². The van der Waals surface area contributed by atoms with E-state index in [1.807, 2.05) is 18.2 Å². The lowest BCUT2D eigenvalue weighted by Crippen LogP contribution is -2.47. The van der Waals surface area contributed by atoms with E-state index in [9.17, 15) is 9.59 Å². The quantitative estimate of drug-likeness (QED) is 0.876.